The molecule has 2 saturated heterocycles. The van der Waals surface area contributed by atoms with Gasteiger partial charge in [0.1, 0.15) is 17.8 Å². The van der Waals surface area contributed by atoms with E-state index in [0.717, 1.165) is 0 Å². The summed E-state index contributed by atoms with van der Waals surface area (Å²) in [5, 5.41) is 18.8. The van der Waals surface area contributed by atoms with Crippen LogP contribution in [0, 0.1) is 0 Å². The summed E-state index contributed by atoms with van der Waals surface area (Å²) in [6.07, 6.45) is -0.474. The zero-order valence-corrected chi connectivity index (χ0v) is 7.06. The zero-order valence-electron chi connectivity index (χ0n) is 7.06. The first-order valence-corrected chi connectivity index (χ1v) is 4.28. The van der Waals surface area contributed by atoms with Crippen LogP contribution < -0.4 is 0 Å². The van der Waals surface area contributed by atoms with Gasteiger partial charge in [-0.3, -0.25) is 0 Å². The second-order valence-corrected chi connectivity index (χ2v) is 3.58. The summed E-state index contributed by atoms with van der Waals surface area (Å²) >= 11 is 0. The molecule has 4 nitrogen and oxygen atoms in total. The van der Waals surface area contributed by atoms with Gasteiger partial charge in [0.25, 0.3) is 0 Å². The van der Waals surface area contributed by atoms with Gasteiger partial charge in [0.15, 0.2) is 0 Å². The van der Waals surface area contributed by atoms with Crippen molar-refractivity contribution >= 4 is 0 Å². The Morgan fingerprint density at radius 2 is 2.33 bits per heavy atom. The second kappa shape index (κ2) is 2.67. The molecule has 12 heavy (non-hydrogen) atoms. The molecule has 70 valence electrons. The summed E-state index contributed by atoms with van der Waals surface area (Å²) in [5.41, 5.74) is -0.748. The smallest absolute Gasteiger partial charge is 0.122 e. The summed E-state index contributed by atoms with van der Waals surface area (Å²) in [5.74, 6) is 0. The van der Waals surface area contributed by atoms with Crippen molar-refractivity contribution in [2.45, 2.75) is 37.3 Å². The van der Waals surface area contributed by atoms with Crippen LogP contribution in [0.2, 0.25) is 0 Å². The Hall–Kier alpha value is -0.160. The van der Waals surface area contributed by atoms with Crippen molar-refractivity contribution < 1.29 is 19.7 Å². The Bertz CT molecular complexity index is 184. The molecule has 2 aliphatic heterocycles. The van der Waals surface area contributed by atoms with Gasteiger partial charge in [-0.1, -0.05) is 0 Å². The molecule has 0 aromatic rings. The molecule has 0 aromatic heterocycles. The van der Waals surface area contributed by atoms with Crippen LogP contribution in [0.15, 0.2) is 0 Å². The van der Waals surface area contributed by atoms with E-state index in [1.165, 1.54) is 0 Å². The highest BCUT2D eigenvalue weighted by molar-refractivity contribution is 5.04. The van der Waals surface area contributed by atoms with Gasteiger partial charge in [-0.05, 0) is 6.92 Å². The molecule has 4 heteroatoms. The van der Waals surface area contributed by atoms with Crippen molar-refractivity contribution in [3.63, 3.8) is 0 Å². The van der Waals surface area contributed by atoms with E-state index in [2.05, 4.69) is 0 Å². The van der Waals surface area contributed by atoms with Gasteiger partial charge in [-0.25, -0.2) is 0 Å². The minimum Gasteiger partial charge on any atom is -0.393 e. The molecule has 2 bridgehead atoms. The number of aliphatic hydroxyl groups excluding tert-OH is 2. The molecule has 1 unspecified atom stereocenters. The average molecular weight is 174 g/mol. The zero-order chi connectivity index (χ0) is 8.77. The minimum absolute atomic E-state index is 0.116. The molecule has 2 N–H and O–H groups in total. The van der Waals surface area contributed by atoms with E-state index in [9.17, 15) is 5.11 Å². The Kier molecular flexibility index (Phi) is 1.88. The largest absolute Gasteiger partial charge is 0.393 e. The van der Waals surface area contributed by atoms with Crippen molar-refractivity contribution in [2.24, 2.45) is 0 Å². The first kappa shape index (κ1) is 8.44. The summed E-state index contributed by atoms with van der Waals surface area (Å²) in [4.78, 5) is 0. The highest BCUT2D eigenvalue weighted by Gasteiger charge is 2.55. The summed E-state index contributed by atoms with van der Waals surface area (Å²) in [6, 6.07) is 0. The number of fused-ring (bicyclic) bond motifs is 2. The third-order valence-corrected chi connectivity index (χ3v) is 2.84. The normalized spacial score (nSPS) is 52.8. The molecule has 0 amide bonds. The van der Waals surface area contributed by atoms with Gasteiger partial charge in [0.05, 0.1) is 19.3 Å². The molecule has 4 atom stereocenters. The van der Waals surface area contributed by atoms with E-state index in [0.29, 0.717) is 13.0 Å². The number of rotatable bonds is 1. The predicted octanol–water partition coefficient (Wildman–Crippen LogP) is -0.714. The molecule has 0 saturated carbocycles. The van der Waals surface area contributed by atoms with Crippen molar-refractivity contribution in [3.8, 4) is 0 Å². The molecule has 0 spiro atoms. The molecule has 2 aliphatic rings. The maximum Gasteiger partial charge on any atom is 0.122 e. The standard InChI is InChI=1S/C8H14O4/c1-5-6-7(10)8(4-9,12-5)2-3-11-6/h5-7,9-10H,2-4H2,1H3/t5-,6+,7?,8-/m0/s1. The SMILES string of the molecule is C[C@@H]1O[C@]2(CO)CCO[C@H]1C2O. The molecular weight excluding hydrogens is 160 g/mol. The van der Waals surface area contributed by atoms with Crippen molar-refractivity contribution in [3.05, 3.63) is 0 Å². The van der Waals surface area contributed by atoms with E-state index in [4.69, 9.17) is 14.6 Å². The Balaban J connectivity index is 2.24. The van der Waals surface area contributed by atoms with Gasteiger partial charge < -0.3 is 19.7 Å². The third kappa shape index (κ3) is 0.925. The van der Waals surface area contributed by atoms with E-state index in [1.807, 2.05) is 6.92 Å². The number of hydrogen-bond donors (Lipinski definition) is 2. The Morgan fingerprint density at radius 1 is 1.58 bits per heavy atom. The Labute approximate surface area is 71.1 Å². The third-order valence-electron chi connectivity index (χ3n) is 2.84. The van der Waals surface area contributed by atoms with Gasteiger partial charge >= 0.3 is 0 Å². The van der Waals surface area contributed by atoms with E-state index in [1.54, 1.807) is 0 Å². The lowest BCUT2D eigenvalue weighted by atomic mass is 9.90. The molecule has 0 radical (unpaired) electrons. The molecule has 0 aliphatic carbocycles. The van der Waals surface area contributed by atoms with Crippen LogP contribution in [-0.4, -0.2) is 47.3 Å². The second-order valence-electron chi connectivity index (χ2n) is 3.58. The first-order valence-electron chi connectivity index (χ1n) is 4.28. The highest BCUT2D eigenvalue weighted by Crippen LogP contribution is 2.38. The highest BCUT2D eigenvalue weighted by atomic mass is 16.6. The lowest BCUT2D eigenvalue weighted by Gasteiger charge is -2.34. The minimum atomic E-state index is -0.748. The van der Waals surface area contributed by atoms with Crippen LogP contribution in [0.25, 0.3) is 0 Å². The fourth-order valence-electron chi connectivity index (χ4n) is 2.07. The van der Waals surface area contributed by atoms with E-state index < -0.39 is 11.7 Å². The quantitative estimate of drug-likeness (QED) is 0.551. The van der Waals surface area contributed by atoms with E-state index in [-0.39, 0.29) is 18.8 Å². The Morgan fingerprint density at radius 3 is 2.92 bits per heavy atom. The number of hydrogen-bond acceptors (Lipinski definition) is 4. The van der Waals surface area contributed by atoms with Crippen LogP contribution in [0.1, 0.15) is 13.3 Å². The average Bonchev–Trinajstić information content (AvgIpc) is 2.23. The van der Waals surface area contributed by atoms with Crippen LogP contribution in [0.5, 0.6) is 0 Å². The van der Waals surface area contributed by atoms with Crippen molar-refractivity contribution in [1.82, 2.24) is 0 Å². The lowest BCUT2D eigenvalue weighted by Crippen LogP contribution is -2.51. The molecule has 0 aromatic carbocycles. The monoisotopic (exact) mass is 174 g/mol. The number of ether oxygens (including phenoxy) is 2. The molecular formula is C8H14O4. The molecule has 2 rings (SSSR count). The summed E-state index contributed by atoms with van der Waals surface area (Å²) in [6.45, 7) is 2.29. The van der Waals surface area contributed by atoms with Gasteiger partial charge in [0.2, 0.25) is 0 Å². The van der Waals surface area contributed by atoms with Gasteiger partial charge in [0, 0.05) is 6.42 Å². The van der Waals surface area contributed by atoms with Crippen LogP contribution in [0.4, 0.5) is 0 Å². The van der Waals surface area contributed by atoms with Crippen molar-refractivity contribution in [1.29, 1.82) is 0 Å². The summed E-state index contributed by atoms with van der Waals surface area (Å²) in [7, 11) is 0. The van der Waals surface area contributed by atoms with Gasteiger partial charge in [-0.15, -0.1) is 0 Å². The maximum absolute atomic E-state index is 9.72. The topological polar surface area (TPSA) is 58.9 Å². The van der Waals surface area contributed by atoms with Crippen LogP contribution in [-0.2, 0) is 9.47 Å². The van der Waals surface area contributed by atoms with Gasteiger partial charge in [-0.2, -0.15) is 0 Å². The summed E-state index contributed by atoms with van der Waals surface area (Å²) < 4.78 is 10.8. The predicted molar refractivity (Wildman–Crippen MR) is 40.7 cm³/mol. The fourth-order valence-corrected chi connectivity index (χ4v) is 2.07. The van der Waals surface area contributed by atoms with Crippen molar-refractivity contribution in [2.75, 3.05) is 13.2 Å². The molecule has 2 fully saturated rings. The number of aliphatic hydroxyl groups is 2. The molecule has 2 heterocycles. The van der Waals surface area contributed by atoms with Crippen LogP contribution >= 0.6 is 0 Å². The fraction of sp³-hybridized carbons (Fsp3) is 1.00. The van der Waals surface area contributed by atoms with Crippen LogP contribution in [0.3, 0.4) is 0 Å². The maximum atomic E-state index is 9.72. The van der Waals surface area contributed by atoms with E-state index >= 15 is 0 Å². The lowest BCUT2D eigenvalue weighted by molar-refractivity contribution is -0.139. The first-order chi connectivity index (χ1) is 5.69.